The first-order chi connectivity index (χ1) is 14.6. The van der Waals surface area contributed by atoms with Crippen molar-refractivity contribution in [3.8, 4) is 0 Å². The van der Waals surface area contributed by atoms with E-state index in [0.717, 1.165) is 11.3 Å². The molecule has 1 aliphatic rings. The Hall–Kier alpha value is -3.58. The van der Waals surface area contributed by atoms with E-state index in [9.17, 15) is 9.59 Å². The minimum absolute atomic E-state index is 0.150. The molecule has 150 valence electrons. The molecule has 0 radical (unpaired) electrons. The van der Waals surface area contributed by atoms with Crippen LogP contribution in [0.4, 0.5) is 5.69 Å². The normalized spacial score (nSPS) is 16.4. The van der Waals surface area contributed by atoms with E-state index in [4.69, 9.17) is 9.15 Å². The second-order valence-corrected chi connectivity index (χ2v) is 7.43. The number of thioether (sulfide) groups is 1. The number of para-hydroxylation sites is 1. The summed E-state index contributed by atoms with van der Waals surface area (Å²) in [5.41, 5.74) is 2.02. The Balaban J connectivity index is 1.64. The molecule has 0 atom stereocenters. The van der Waals surface area contributed by atoms with E-state index in [-0.39, 0.29) is 5.91 Å². The van der Waals surface area contributed by atoms with Crippen molar-refractivity contribution in [2.45, 2.75) is 6.54 Å². The van der Waals surface area contributed by atoms with E-state index < -0.39 is 5.97 Å². The van der Waals surface area contributed by atoms with E-state index in [0.29, 0.717) is 27.9 Å². The third-order valence-electron chi connectivity index (χ3n) is 4.39. The Morgan fingerprint density at radius 2 is 1.87 bits per heavy atom. The van der Waals surface area contributed by atoms with E-state index >= 15 is 0 Å². The number of hydrogen-bond donors (Lipinski definition) is 0. The predicted molar refractivity (Wildman–Crippen MR) is 116 cm³/mol. The standard InChI is InChI=1S/C23H18N2O4S/c1-28-22(27)17-11-9-16(10-12-17)14-20-21(26)25(15-19-8-5-13-29-19)23(30-20)24-18-6-3-2-4-7-18/h2-14H,15H2,1H3/b20-14-,24-23?. The molecule has 1 saturated heterocycles. The van der Waals surface area contributed by atoms with Crippen LogP contribution in [0.1, 0.15) is 21.7 Å². The van der Waals surface area contributed by atoms with Gasteiger partial charge < -0.3 is 9.15 Å². The summed E-state index contributed by atoms with van der Waals surface area (Å²) in [6.45, 7) is 0.295. The zero-order valence-electron chi connectivity index (χ0n) is 16.1. The SMILES string of the molecule is COC(=O)c1ccc(/C=C2\SC(=Nc3ccccc3)N(Cc3ccco3)C2=O)cc1. The first kappa shape index (κ1) is 19.7. The van der Waals surface area contributed by atoms with Crippen LogP contribution < -0.4 is 0 Å². The molecule has 0 unspecified atom stereocenters. The number of aliphatic imine (C=N–C) groups is 1. The van der Waals surface area contributed by atoms with Crippen LogP contribution in [0.25, 0.3) is 6.08 Å². The van der Waals surface area contributed by atoms with Gasteiger partial charge in [-0.3, -0.25) is 9.69 Å². The van der Waals surface area contributed by atoms with Gasteiger partial charge in [-0.15, -0.1) is 0 Å². The summed E-state index contributed by atoms with van der Waals surface area (Å²) in [4.78, 5) is 31.5. The highest BCUT2D eigenvalue weighted by Crippen LogP contribution is 2.35. The zero-order valence-corrected chi connectivity index (χ0v) is 17.0. The predicted octanol–water partition coefficient (Wildman–Crippen LogP) is 4.87. The molecule has 6 nitrogen and oxygen atoms in total. The molecule has 7 heteroatoms. The highest BCUT2D eigenvalue weighted by Gasteiger charge is 2.34. The number of benzene rings is 2. The number of methoxy groups -OCH3 is 1. The molecule has 1 fully saturated rings. The molecule has 0 spiro atoms. The molecule has 0 bridgehead atoms. The van der Waals surface area contributed by atoms with Crippen molar-refractivity contribution in [2.24, 2.45) is 4.99 Å². The smallest absolute Gasteiger partial charge is 0.337 e. The fraction of sp³-hybridized carbons (Fsp3) is 0.0870. The van der Waals surface area contributed by atoms with E-state index in [1.807, 2.05) is 36.4 Å². The van der Waals surface area contributed by atoms with Crippen molar-refractivity contribution in [2.75, 3.05) is 7.11 Å². The van der Waals surface area contributed by atoms with Crippen LogP contribution in [0.5, 0.6) is 0 Å². The summed E-state index contributed by atoms with van der Waals surface area (Å²) in [6, 6.07) is 20.0. The zero-order chi connectivity index (χ0) is 20.9. The molecule has 2 aromatic carbocycles. The number of nitrogens with zero attached hydrogens (tertiary/aromatic N) is 2. The van der Waals surface area contributed by atoms with Gasteiger partial charge in [-0.25, -0.2) is 9.79 Å². The maximum Gasteiger partial charge on any atom is 0.337 e. The van der Waals surface area contributed by atoms with Crippen molar-refractivity contribution < 1.29 is 18.7 Å². The Morgan fingerprint density at radius 3 is 2.53 bits per heavy atom. The van der Waals surface area contributed by atoms with Gasteiger partial charge in [0.2, 0.25) is 0 Å². The molecular formula is C23H18N2O4S. The third kappa shape index (κ3) is 4.36. The number of carbonyl (C=O) groups is 2. The summed E-state index contributed by atoms with van der Waals surface area (Å²) < 4.78 is 10.1. The fourth-order valence-corrected chi connectivity index (χ4v) is 3.88. The molecule has 0 saturated carbocycles. The molecule has 0 N–H and O–H groups in total. The van der Waals surface area contributed by atoms with Crippen LogP contribution in [0.15, 0.2) is 87.3 Å². The monoisotopic (exact) mass is 418 g/mol. The Kier molecular flexibility index (Phi) is 5.81. The number of esters is 1. The lowest BCUT2D eigenvalue weighted by Gasteiger charge is -2.13. The van der Waals surface area contributed by atoms with Crippen molar-refractivity contribution in [1.82, 2.24) is 4.90 Å². The summed E-state index contributed by atoms with van der Waals surface area (Å²) >= 11 is 1.31. The number of hydrogen-bond acceptors (Lipinski definition) is 6. The van der Waals surface area contributed by atoms with Crippen molar-refractivity contribution in [1.29, 1.82) is 0 Å². The number of amides is 1. The molecule has 30 heavy (non-hydrogen) atoms. The van der Waals surface area contributed by atoms with Gasteiger partial charge in [0.15, 0.2) is 5.17 Å². The van der Waals surface area contributed by atoms with Crippen LogP contribution in [0.2, 0.25) is 0 Å². The second kappa shape index (κ2) is 8.84. The lowest BCUT2D eigenvalue weighted by Crippen LogP contribution is -2.28. The van der Waals surface area contributed by atoms with E-state index in [1.165, 1.54) is 18.9 Å². The van der Waals surface area contributed by atoms with Crippen molar-refractivity contribution in [3.05, 3.63) is 94.8 Å². The number of rotatable bonds is 5. The van der Waals surface area contributed by atoms with Crippen molar-refractivity contribution in [3.63, 3.8) is 0 Å². The molecule has 1 amide bonds. The van der Waals surface area contributed by atoms with Crippen LogP contribution in [-0.4, -0.2) is 29.1 Å². The first-order valence-corrected chi connectivity index (χ1v) is 10.0. The molecular weight excluding hydrogens is 400 g/mol. The lowest BCUT2D eigenvalue weighted by atomic mass is 10.1. The largest absolute Gasteiger partial charge is 0.467 e. The number of furan rings is 1. The van der Waals surface area contributed by atoms with Gasteiger partial charge in [-0.05, 0) is 59.8 Å². The van der Waals surface area contributed by atoms with Crippen molar-refractivity contribution >= 4 is 40.6 Å². The Bertz CT molecular complexity index is 1100. The first-order valence-electron chi connectivity index (χ1n) is 9.20. The Labute approximate surface area is 177 Å². The van der Waals surface area contributed by atoms with Gasteiger partial charge in [-0.1, -0.05) is 30.3 Å². The van der Waals surface area contributed by atoms with Gasteiger partial charge in [0, 0.05) is 0 Å². The van der Waals surface area contributed by atoms with Crippen LogP contribution in [-0.2, 0) is 16.1 Å². The second-order valence-electron chi connectivity index (χ2n) is 6.42. The maximum atomic E-state index is 13.1. The topological polar surface area (TPSA) is 72.1 Å². The average molecular weight is 418 g/mol. The van der Waals surface area contributed by atoms with Gasteiger partial charge in [0.25, 0.3) is 5.91 Å². The van der Waals surface area contributed by atoms with Gasteiger partial charge in [0.05, 0.1) is 36.1 Å². The van der Waals surface area contributed by atoms with Crippen LogP contribution in [0.3, 0.4) is 0 Å². The van der Waals surface area contributed by atoms with Gasteiger partial charge >= 0.3 is 5.97 Å². The summed E-state index contributed by atoms with van der Waals surface area (Å²) in [7, 11) is 1.34. The summed E-state index contributed by atoms with van der Waals surface area (Å²) in [6.07, 6.45) is 3.37. The van der Waals surface area contributed by atoms with Crippen LogP contribution in [0, 0.1) is 0 Å². The van der Waals surface area contributed by atoms with Gasteiger partial charge in [-0.2, -0.15) is 0 Å². The molecule has 2 heterocycles. The van der Waals surface area contributed by atoms with E-state index in [2.05, 4.69) is 4.99 Å². The highest BCUT2D eigenvalue weighted by atomic mass is 32.2. The molecule has 1 aromatic heterocycles. The van der Waals surface area contributed by atoms with Crippen LogP contribution >= 0.6 is 11.8 Å². The minimum Gasteiger partial charge on any atom is -0.467 e. The third-order valence-corrected chi connectivity index (χ3v) is 5.40. The van der Waals surface area contributed by atoms with E-state index in [1.54, 1.807) is 47.6 Å². The van der Waals surface area contributed by atoms with Gasteiger partial charge in [0.1, 0.15) is 5.76 Å². The minimum atomic E-state index is -0.401. The number of ether oxygens (including phenoxy) is 1. The molecule has 0 aliphatic carbocycles. The average Bonchev–Trinajstić information content (AvgIpc) is 3.39. The summed E-state index contributed by atoms with van der Waals surface area (Å²) in [5.74, 6) is 0.124. The lowest BCUT2D eigenvalue weighted by molar-refractivity contribution is -0.122. The fourth-order valence-electron chi connectivity index (χ4n) is 2.89. The molecule has 3 aromatic rings. The Morgan fingerprint density at radius 1 is 1.10 bits per heavy atom. The maximum absolute atomic E-state index is 13.1. The molecule has 4 rings (SSSR count). The molecule has 1 aliphatic heterocycles. The number of amidine groups is 1. The number of carbonyl (C=O) groups excluding carboxylic acids is 2. The quantitative estimate of drug-likeness (QED) is 0.437. The summed E-state index contributed by atoms with van der Waals surface area (Å²) in [5, 5.41) is 0.583. The highest BCUT2D eigenvalue weighted by molar-refractivity contribution is 8.18.